The van der Waals surface area contributed by atoms with Gasteiger partial charge >= 0.3 is 5.97 Å². The Bertz CT molecular complexity index is 904. The number of esters is 1. The first-order valence-corrected chi connectivity index (χ1v) is 8.87. The first-order valence-electron chi connectivity index (χ1n) is 8.87. The summed E-state index contributed by atoms with van der Waals surface area (Å²) in [5, 5.41) is 4.53. The third kappa shape index (κ3) is 3.34. The minimum atomic E-state index is -0.637. The fourth-order valence-corrected chi connectivity index (χ4v) is 3.55. The van der Waals surface area contributed by atoms with Crippen molar-refractivity contribution in [2.24, 2.45) is 0 Å². The lowest BCUT2D eigenvalue weighted by molar-refractivity contribution is -0.153. The summed E-state index contributed by atoms with van der Waals surface area (Å²) in [4.78, 5) is 36.1. The van der Waals surface area contributed by atoms with E-state index >= 15 is 0 Å². The van der Waals surface area contributed by atoms with Gasteiger partial charge < -0.3 is 4.74 Å². The molecule has 140 valence electrons. The highest BCUT2D eigenvalue weighted by atomic mass is 19.1. The maximum absolute atomic E-state index is 13.2. The number of hydrogen-bond acceptors (Lipinski definition) is 5. The molecule has 1 aliphatic heterocycles. The topological polar surface area (TPSA) is 81.5 Å². The normalized spacial score (nSPS) is 16.1. The van der Waals surface area contributed by atoms with Gasteiger partial charge in [0.05, 0.1) is 5.69 Å². The molecule has 2 aliphatic rings. The van der Waals surface area contributed by atoms with E-state index in [-0.39, 0.29) is 43.6 Å². The van der Waals surface area contributed by atoms with Gasteiger partial charge in [0.1, 0.15) is 24.7 Å². The van der Waals surface area contributed by atoms with Gasteiger partial charge in [0, 0.05) is 24.1 Å². The van der Waals surface area contributed by atoms with E-state index in [9.17, 15) is 18.8 Å². The second-order valence-corrected chi connectivity index (χ2v) is 6.65. The van der Waals surface area contributed by atoms with E-state index in [2.05, 4.69) is 5.10 Å². The molecule has 0 N–H and O–H groups in total. The third-order valence-electron chi connectivity index (χ3n) is 4.90. The minimum absolute atomic E-state index is 0.0222. The number of aromatic nitrogens is 2. The van der Waals surface area contributed by atoms with E-state index in [4.69, 9.17) is 4.74 Å². The molecule has 7 nitrogen and oxygen atoms in total. The maximum Gasteiger partial charge on any atom is 0.326 e. The number of hydrogen-bond donors (Lipinski definition) is 0. The Hall–Kier alpha value is -3.03. The van der Waals surface area contributed by atoms with Crippen molar-refractivity contribution in [2.45, 2.75) is 38.7 Å². The van der Waals surface area contributed by atoms with Gasteiger partial charge in [-0.3, -0.25) is 19.3 Å². The largest absolute Gasteiger partial charge is 0.458 e. The van der Waals surface area contributed by atoms with E-state index in [1.54, 1.807) is 16.8 Å². The van der Waals surface area contributed by atoms with Crippen LogP contribution in [0.2, 0.25) is 0 Å². The van der Waals surface area contributed by atoms with E-state index in [0.29, 0.717) is 5.69 Å². The number of carbonyl (C=O) groups is 3. The number of rotatable bonds is 5. The van der Waals surface area contributed by atoms with Crippen LogP contribution in [0, 0.1) is 5.82 Å². The summed E-state index contributed by atoms with van der Waals surface area (Å²) in [7, 11) is 0. The zero-order valence-corrected chi connectivity index (χ0v) is 14.6. The number of nitrogens with zero attached hydrogens (tertiary/aromatic N) is 3. The average Bonchev–Trinajstić information content (AvgIpc) is 3.33. The molecule has 4 rings (SSSR count). The summed E-state index contributed by atoms with van der Waals surface area (Å²) in [5.74, 6) is -1.65. The summed E-state index contributed by atoms with van der Waals surface area (Å²) in [6, 6.07) is 6.06. The Labute approximate surface area is 154 Å². The number of carbonyl (C=O) groups excluding carboxylic acids is 3. The number of benzene rings is 1. The summed E-state index contributed by atoms with van der Waals surface area (Å²) < 4.78 is 20.2. The molecule has 2 amide bonds. The molecule has 1 fully saturated rings. The highest BCUT2D eigenvalue weighted by Gasteiger charge is 2.31. The van der Waals surface area contributed by atoms with E-state index in [1.807, 2.05) is 0 Å². The molecule has 0 saturated carbocycles. The monoisotopic (exact) mass is 371 g/mol. The Morgan fingerprint density at radius 2 is 1.78 bits per heavy atom. The zero-order chi connectivity index (χ0) is 19.0. The summed E-state index contributed by atoms with van der Waals surface area (Å²) >= 11 is 0. The van der Waals surface area contributed by atoms with E-state index in [0.717, 1.165) is 41.1 Å². The molecule has 1 saturated heterocycles. The standard InChI is InChI=1S/C19H18FN3O4/c20-12-4-6-13(7-5-12)23-16-3-1-2-14(16)15(21-23)11-27-19(26)10-22-17(24)8-9-18(22)25/h4-7H,1-3,8-11H2. The molecular weight excluding hydrogens is 353 g/mol. The van der Waals surface area contributed by atoms with Crippen molar-refractivity contribution in [3.8, 4) is 5.69 Å². The average molecular weight is 371 g/mol. The van der Waals surface area contributed by atoms with Crippen LogP contribution in [0.25, 0.3) is 5.69 Å². The van der Waals surface area contributed by atoms with Crippen LogP contribution in [0.3, 0.4) is 0 Å². The smallest absolute Gasteiger partial charge is 0.326 e. The molecule has 0 radical (unpaired) electrons. The van der Waals surface area contributed by atoms with E-state index < -0.39 is 5.97 Å². The fourth-order valence-electron chi connectivity index (χ4n) is 3.55. The van der Waals surface area contributed by atoms with Crippen molar-refractivity contribution in [3.05, 3.63) is 47.0 Å². The summed E-state index contributed by atoms with van der Waals surface area (Å²) in [6.45, 7) is -0.385. The molecule has 1 aromatic carbocycles. The predicted octanol–water partition coefficient (Wildman–Crippen LogP) is 1.69. The fraction of sp³-hybridized carbons (Fsp3) is 0.368. The Morgan fingerprint density at radius 1 is 1.07 bits per heavy atom. The Kier molecular flexibility index (Phi) is 4.47. The molecular formula is C19H18FN3O4. The highest BCUT2D eigenvalue weighted by Crippen LogP contribution is 2.28. The number of fused-ring (bicyclic) bond motifs is 1. The molecule has 2 heterocycles. The van der Waals surface area contributed by atoms with E-state index in [1.165, 1.54) is 12.1 Å². The van der Waals surface area contributed by atoms with Crippen LogP contribution in [0.5, 0.6) is 0 Å². The molecule has 8 heteroatoms. The molecule has 1 aromatic heterocycles. The van der Waals surface area contributed by atoms with Gasteiger partial charge in [0.15, 0.2) is 0 Å². The lowest BCUT2D eigenvalue weighted by Gasteiger charge is -2.12. The molecule has 1 aliphatic carbocycles. The van der Waals surface area contributed by atoms with Crippen molar-refractivity contribution in [1.29, 1.82) is 0 Å². The van der Waals surface area contributed by atoms with Crippen molar-refractivity contribution >= 4 is 17.8 Å². The van der Waals surface area contributed by atoms with Gasteiger partial charge in [0.25, 0.3) is 0 Å². The number of imide groups is 1. The Morgan fingerprint density at radius 3 is 2.48 bits per heavy atom. The predicted molar refractivity (Wildman–Crippen MR) is 91.3 cm³/mol. The minimum Gasteiger partial charge on any atom is -0.458 e. The second kappa shape index (κ2) is 6.94. The van der Waals surface area contributed by atoms with Gasteiger partial charge in [0.2, 0.25) is 11.8 Å². The van der Waals surface area contributed by atoms with Crippen molar-refractivity contribution < 1.29 is 23.5 Å². The van der Waals surface area contributed by atoms with Crippen molar-refractivity contribution in [1.82, 2.24) is 14.7 Å². The van der Waals surface area contributed by atoms with Crippen LogP contribution >= 0.6 is 0 Å². The number of halogens is 1. The van der Waals surface area contributed by atoms with Crippen LogP contribution in [-0.4, -0.2) is 39.0 Å². The maximum atomic E-state index is 13.2. The molecule has 0 bridgehead atoms. The molecule has 27 heavy (non-hydrogen) atoms. The van der Waals surface area contributed by atoms with Gasteiger partial charge in [-0.05, 0) is 43.5 Å². The number of likely N-dealkylation sites (tertiary alicyclic amines) is 1. The third-order valence-corrected chi connectivity index (χ3v) is 4.90. The SMILES string of the molecule is O=C(CN1C(=O)CCC1=O)OCc1nn(-c2ccc(F)cc2)c2c1CCC2. The Balaban J connectivity index is 1.47. The zero-order valence-electron chi connectivity index (χ0n) is 14.6. The second-order valence-electron chi connectivity index (χ2n) is 6.65. The summed E-state index contributed by atoms with van der Waals surface area (Å²) in [6.07, 6.45) is 2.95. The lowest BCUT2D eigenvalue weighted by atomic mass is 10.2. The number of amides is 2. The van der Waals surface area contributed by atoms with Crippen LogP contribution in [0.15, 0.2) is 24.3 Å². The van der Waals surface area contributed by atoms with Crippen molar-refractivity contribution in [2.75, 3.05) is 6.54 Å². The first-order chi connectivity index (χ1) is 13.0. The van der Waals surface area contributed by atoms with Crippen LogP contribution in [0.1, 0.15) is 36.2 Å². The first kappa shape index (κ1) is 17.4. The molecule has 0 spiro atoms. The highest BCUT2D eigenvalue weighted by molar-refractivity contribution is 6.04. The molecule has 2 aromatic rings. The van der Waals surface area contributed by atoms with Gasteiger partial charge in [-0.25, -0.2) is 9.07 Å². The van der Waals surface area contributed by atoms with Gasteiger partial charge in [-0.15, -0.1) is 0 Å². The quantitative estimate of drug-likeness (QED) is 0.590. The lowest BCUT2D eigenvalue weighted by Crippen LogP contribution is -2.35. The van der Waals surface area contributed by atoms with Crippen LogP contribution in [-0.2, 0) is 38.6 Å². The summed E-state index contributed by atoms with van der Waals surface area (Å²) in [5.41, 5.74) is 3.48. The van der Waals surface area contributed by atoms with Gasteiger partial charge in [-0.1, -0.05) is 0 Å². The van der Waals surface area contributed by atoms with Crippen LogP contribution < -0.4 is 0 Å². The molecule has 0 unspecified atom stereocenters. The number of ether oxygens (including phenoxy) is 1. The van der Waals surface area contributed by atoms with Gasteiger partial charge in [-0.2, -0.15) is 5.10 Å². The molecule has 0 atom stereocenters. The van der Waals surface area contributed by atoms with Crippen molar-refractivity contribution in [3.63, 3.8) is 0 Å². The van der Waals surface area contributed by atoms with Crippen LogP contribution in [0.4, 0.5) is 4.39 Å².